The molecule has 19 heavy (non-hydrogen) atoms. The summed E-state index contributed by atoms with van der Waals surface area (Å²) in [5.74, 6) is 0.650. The first-order chi connectivity index (χ1) is 9.04. The molecule has 1 unspecified atom stereocenters. The van der Waals surface area contributed by atoms with E-state index in [1.165, 1.54) is 21.4 Å². The fourth-order valence-corrected chi connectivity index (χ4v) is 3.50. The van der Waals surface area contributed by atoms with Gasteiger partial charge in [0.2, 0.25) is 0 Å². The minimum absolute atomic E-state index is 0.00634. The highest BCUT2D eigenvalue weighted by Crippen LogP contribution is 2.37. The third-order valence-corrected chi connectivity index (χ3v) is 4.31. The van der Waals surface area contributed by atoms with Crippen LogP contribution in [0, 0.1) is 19.7 Å². The Hall–Kier alpha value is -1.68. The van der Waals surface area contributed by atoms with Gasteiger partial charge in [-0.15, -0.1) is 11.3 Å². The van der Waals surface area contributed by atoms with E-state index in [1.807, 2.05) is 6.92 Å². The van der Waals surface area contributed by atoms with Crippen LogP contribution in [0.15, 0.2) is 29.3 Å². The van der Waals surface area contributed by atoms with E-state index in [0.717, 1.165) is 17.1 Å². The predicted molar refractivity (Wildman–Crippen MR) is 77.9 cm³/mol. The van der Waals surface area contributed by atoms with E-state index in [-0.39, 0.29) is 11.9 Å². The summed E-state index contributed by atoms with van der Waals surface area (Å²) >= 11 is 1.77. The van der Waals surface area contributed by atoms with Crippen molar-refractivity contribution in [3.05, 3.63) is 51.0 Å². The standard InChI is InChI=1S/C15H15FN2S/c1-8-6-12(9(2)19-8)15-13-7-11(16)4-5-14(13)17-10(3)18-15/h4-7,15H,1-3H3,(H,17,18). The van der Waals surface area contributed by atoms with Gasteiger partial charge in [-0.25, -0.2) is 9.38 Å². The number of hydrogen-bond acceptors (Lipinski definition) is 3. The summed E-state index contributed by atoms with van der Waals surface area (Å²) in [4.78, 5) is 6.98. The quantitative estimate of drug-likeness (QED) is 0.826. The number of hydrogen-bond donors (Lipinski definition) is 1. The SMILES string of the molecule is CC1=Nc2ccc(F)cc2C(c2cc(C)sc2C)N1. The molecular formula is C15H15FN2S. The fourth-order valence-electron chi connectivity index (χ4n) is 2.54. The van der Waals surface area contributed by atoms with Gasteiger partial charge in [0.25, 0.3) is 0 Å². The van der Waals surface area contributed by atoms with E-state index < -0.39 is 0 Å². The maximum Gasteiger partial charge on any atom is 0.123 e. The number of thiophene rings is 1. The maximum absolute atomic E-state index is 13.5. The number of rotatable bonds is 1. The van der Waals surface area contributed by atoms with Gasteiger partial charge in [-0.1, -0.05) is 0 Å². The van der Waals surface area contributed by atoms with Gasteiger partial charge in [0.05, 0.1) is 17.6 Å². The summed E-state index contributed by atoms with van der Waals surface area (Å²) in [5, 5.41) is 3.36. The number of benzene rings is 1. The molecule has 2 nitrogen and oxygen atoms in total. The number of amidine groups is 1. The Bertz CT molecular complexity index is 673. The zero-order valence-electron chi connectivity index (χ0n) is 11.1. The number of fused-ring (bicyclic) bond motifs is 1. The number of aryl methyl sites for hydroxylation is 2. The molecule has 0 spiro atoms. The van der Waals surface area contributed by atoms with Crippen molar-refractivity contribution in [2.75, 3.05) is 0 Å². The molecule has 0 fully saturated rings. The van der Waals surface area contributed by atoms with E-state index in [9.17, 15) is 4.39 Å². The minimum Gasteiger partial charge on any atom is -0.363 e. The number of nitrogens with one attached hydrogen (secondary N) is 1. The molecule has 1 aliphatic heterocycles. The van der Waals surface area contributed by atoms with Gasteiger partial charge in [0.15, 0.2) is 0 Å². The lowest BCUT2D eigenvalue weighted by molar-refractivity contribution is 0.620. The van der Waals surface area contributed by atoms with E-state index in [4.69, 9.17) is 0 Å². The van der Waals surface area contributed by atoms with Crippen LogP contribution in [0.4, 0.5) is 10.1 Å². The summed E-state index contributed by atoms with van der Waals surface area (Å²) in [6, 6.07) is 6.95. The van der Waals surface area contributed by atoms with Crippen LogP contribution in [0.1, 0.15) is 33.8 Å². The third-order valence-electron chi connectivity index (χ3n) is 3.33. The van der Waals surface area contributed by atoms with Crippen LogP contribution >= 0.6 is 11.3 Å². The van der Waals surface area contributed by atoms with E-state index >= 15 is 0 Å². The Labute approximate surface area is 116 Å². The normalized spacial score (nSPS) is 17.7. The summed E-state index contributed by atoms with van der Waals surface area (Å²) in [6.45, 7) is 6.14. The average molecular weight is 274 g/mol. The largest absolute Gasteiger partial charge is 0.363 e. The second-order valence-electron chi connectivity index (χ2n) is 4.85. The molecule has 0 amide bonds. The molecule has 0 bridgehead atoms. The molecule has 0 saturated heterocycles. The van der Waals surface area contributed by atoms with Gasteiger partial charge in [-0.05, 0) is 50.6 Å². The minimum atomic E-state index is -0.218. The Balaban J connectivity index is 2.16. The number of aliphatic imine (C=N–C) groups is 1. The highest BCUT2D eigenvalue weighted by Gasteiger charge is 2.24. The summed E-state index contributed by atoms with van der Waals surface area (Å²) in [5.41, 5.74) is 2.97. The van der Waals surface area contributed by atoms with Gasteiger partial charge in [-0.3, -0.25) is 0 Å². The van der Waals surface area contributed by atoms with Crippen LogP contribution in [-0.4, -0.2) is 5.84 Å². The first-order valence-corrected chi connectivity index (χ1v) is 7.04. The van der Waals surface area contributed by atoms with Crippen molar-refractivity contribution in [2.45, 2.75) is 26.8 Å². The Morgan fingerprint density at radius 3 is 2.63 bits per heavy atom. The molecule has 98 valence electrons. The van der Waals surface area contributed by atoms with Crippen LogP contribution in [0.2, 0.25) is 0 Å². The summed E-state index contributed by atoms with van der Waals surface area (Å²) < 4.78 is 13.5. The molecule has 3 rings (SSSR count). The molecule has 0 saturated carbocycles. The molecule has 1 N–H and O–H groups in total. The number of nitrogens with zero attached hydrogens (tertiary/aromatic N) is 1. The van der Waals surface area contributed by atoms with Crippen molar-refractivity contribution in [3.8, 4) is 0 Å². The van der Waals surface area contributed by atoms with Gasteiger partial charge < -0.3 is 5.32 Å². The van der Waals surface area contributed by atoms with Crippen molar-refractivity contribution in [3.63, 3.8) is 0 Å². The average Bonchev–Trinajstić information content (AvgIpc) is 2.68. The van der Waals surface area contributed by atoms with Crippen molar-refractivity contribution < 1.29 is 4.39 Å². The molecular weight excluding hydrogens is 259 g/mol. The summed E-state index contributed by atoms with van der Waals surface area (Å²) in [6.07, 6.45) is 0. The lowest BCUT2D eigenvalue weighted by Gasteiger charge is -2.26. The monoisotopic (exact) mass is 274 g/mol. The van der Waals surface area contributed by atoms with Crippen molar-refractivity contribution in [1.82, 2.24) is 5.32 Å². The number of halogens is 1. The molecule has 0 radical (unpaired) electrons. The second-order valence-corrected chi connectivity index (χ2v) is 6.31. The highest BCUT2D eigenvalue weighted by atomic mass is 32.1. The van der Waals surface area contributed by atoms with Crippen LogP contribution in [0.5, 0.6) is 0 Å². The molecule has 0 aliphatic carbocycles. The van der Waals surface area contributed by atoms with Gasteiger partial charge in [0, 0.05) is 15.3 Å². The van der Waals surface area contributed by atoms with E-state index in [0.29, 0.717) is 0 Å². The molecule has 1 atom stereocenters. The van der Waals surface area contributed by atoms with Gasteiger partial charge in [-0.2, -0.15) is 0 Å². The highest BCUT2D eigenvalue weighted by molar-refractivity contribution is 7.12. The zero-order chi connectivity index (χ0) is 13.6. The van der Waals surface area contributed by atoms with Crippen LogP contribution in [0.25, 0.3) is 0 Å². The lowest BCUT2D eigenvalue weighted by Crippen LogP contribution is -2.30. The fraction of sp³-hybridized carbons (Fsp3) is 0.267. The Kier molecular flexibility index (Phi) is 2.90. The van der Waals surface area contributed by atoms with E-state index in [2.05, 4.69) is 30.2 Å². The molecule has 4 heteroatoms. The Morgan fingerprint density at radius 2 is 1.95 bits per heavy atom. The lowest BCUT2D eigenvalue weighted by atomic mass is 9.96. The van der Waals surface area contributed by atoms with Crippen molar-refractivity contribution in [2.24, 2.45) is 4.99 Å². The summed E-state index contributed by atoms with van der Waals surface area (Å²) in [7, 11) is 0. The molecule has 2 heterocycles. The van der Waals surface area contributed by atoms with Crippen molar-refractivity contribution >= 4 is 22.9 Å². The maximum atomic E-state index is 13.5. The topological polar surface area (TPSA) is 24.4 Å². The van der Waals surface area contributed by atoms with Gasteiger partial charge in [0.1, 0.15) is 5.82 Å². The van der Waals surface area contributed by atoms with Crippen LogP contribution in [0.3, 0.4) is 0 Å². The molecule has 1 aromatic carbocycles. The smallest absolute Gasteiger partial charge is 0.123 e. The molecule has 1 aliphatic rings. The van der Waals surface area contributed by atoms with Gasteiger partial charge >= 0.3 is 0 Å². The molecule has 1 aromatic heterocycles. The second kappa shape index (κ2) is 4.46. The first-order valence-electron chi connectivity index (χ1n) is 6.23. The predicted octanol–water partition coefficient (Wildman–Crippen LogP) is 4.25. The van der Waals surface area contributed by atoms with E-state index in [1.54, 1.807) is 23.5 Å². The van der Waals surface area contributed by atoms with Crippen molar-refractivity contribution in [1.29, 1.82) is 0 Å². The van der Waals surface area contributed by atoms with Crippen LogP contribution in [-0.2, 0) is 0 Å². The first kappa shape index (κ1) is 12.4. The Morgan fingerprint density at radius 1 is 1.16 bits per heavy atom. The van der Waals surface area contributed by atoms with Crippen LogP contribution < -0.4 is 5.32 Å². The molecule has 2 aromatic rings. The zero-order valence-corrected chi connectivity index (χ0v) is 11.9. The third kappa shape index (κ3) is 2.16.